The van der Waals surface area contributed by atoms with Crippen LogP contribution in [-0.2, 0) is 20.9 Å². The van der Waals surface area contributed by atoms with Crippen molar-refractivity contribution >= 4 is 24.0 Å². The zero-order valence-corrected chi connectivity index (χ0v) is 15.4. The first-order chi connectivity index (χ1) is 11.1. The van der Waals surface area contributed by atoms with Crippen LogP contribution in [-0.4, -0.2) is 37.8 Å². The van der Waals surface area contributed by atoms with E-state index in [-0.39, 0.29) is 24.4 Å². The normalized spacial score (nSPS) is 16.9. The molecule has 24 heavy (non-hydrogen) atoms. The molecule has 0 aliphatic carbocycles. The second-order valence-electron chi connectivity index (χ2n) is 6.22. The quantitative estimate of drug-likeness (QED) is 0.667. The van der Waals surface area contributed by atoms with Crippen molar-refractivity contribution < 1.29 is 14.3 Å². The van der Waals surface area contributed by atoms with E-state index in [9.17, 15) is 4.79 Å². The van der Waals surface area contributed by atoms with Gasteiger partial charge in [-0.2, -0.15) is 0 Å². The van der Waals surface area contributed by atoms with Crippen LogP contribution in [0.2, 0.25) is 0 Å². The van der Waals surface area contributed by atoms with Gasteiger partial charge in [-0.05, 0) is 50.9 Å². The number of hydrogen-bond acceptors (Lipinski definition) is 4. The largest absolute Gasteiger partial charge is 0.376 e. The zero-order valence-electron chi connectivity index (χ0n) is 14.5. The van der Waals surface area contributed by atoms with E-state index in [0.717, 1.165) is 30.6 Å². The smallest absolute Gasteiger partial charge is 0.225 e. The van der Waals surface area contributed by atoms with Crippen molar-refractivity contribution in [1.29, 1.82) is 0 Å². The highest BCUT2D eigenvalue weighted by Crippen LogP contribution is 2.14. The topological polar surface area (TPSA) is 59.6 Å². The van der Waals surface area contributed by atoms with Crippen molar-refractivity contribution in [3.05, 3.63) is 29.8 Å². The maximum Gasteiger partial charge on any atom is 0.225 e. The molecule has 0 aromatic heterocycles. The summed E-state index contributed by atoms with van der Waals surface area (Å²) in [6.45, 7) is 6.73. The second-order valence-corrected chi connectivity index (χ2v) is 6.22. The molecule has 1 heterocycles. The molecule has 1 aromatic rings. The third-order valence-electron chi connectivity index (χ3n) is 3.75. The summed E-state index contributed by atoms with van der Waals surface area (Å²) in [5.74, 6) is 0.0628. The first kappa shape index (κ1) is 20.9. The fourth-order valence-electron chi connectivity index (χ4n) is 2.64. The fourth-order valence-corrected chi connectivity index (χ4v) is 2.64. The molecule has 5 nitrogen and oxygen atoms in total. The number of nitrogens with one attached hydrogen (secondary N) is 2. The molecule has 136 valence electrons. The van der Waals surface area contributed by atoms with Crippen molar-refractivity contribution in [2.45, 2.75) is 51.9 Å². The van der Waals surface area contributed by atoms with Crippen LogP contribution in [0.15, 0.2) is 24.3 Å². The number of carbonyl (C=O) groups is 1. The van der Waals surface area contributed by atoms with Crippen molar-refractivity contribution in [1.82, 2.24) is 5.32 Å². The highest BCUT2D eigenvalue weighted by molar-refractivity contribution is 5.91. The summed E-state index contributed by atoms with van der Waals surface area (Å²) in [6.07, 6.45) is 3.00. The van der Waals surface area contributed by atoms with Gasteiger partial charge in [-0.1, -0.05) is 12.1 Å². The van der Waals surface area contributed by atoms with E-state index in [2.05, 4.69) is 10.6 Å². The number of ether oxygens (including phenoxy) is 2. The molecule has 6 heteroatoms. The lowest BCUT2D eigenvalue weighted by molar-refractivity contribution is -0.116. The molecule has 0 saturated carbocycles. The van der Waals surface area contributed by atoms with E-state index in [1.54, 1.807) is 0 Å². The van der Waals surface area contributed by atoms with Gasteiger partial charge in [0.15, 0.2) is 0 Å². The van der Waals surface area contributed by atoms with Crippen LogP contribution < -0.4 is 10.6 Å². The van der Waals surface area contributed by atoms with Gasteiger partial charge in [0.1, 0.15) is 0 Å². The van der Waals surface area contributed by atoms with Crippen LogP contribution in [0, 0.1) is 0 Å². The third kappa shape index (κ3) is 8.11. The zero-order chi connectivity index (χ0) is 16.5. The van der Waals surface area contributed by atoms with E-state index >= 15 is 0 Å². The standard InChI is InChI=1S/C18H28N2O3.ClH/c1-14(2)23-10-9-22-13-15-5-3-6-17(11-15)20-18(21)12-16-7-4-8-19-16;/h3,5-6,11,14,16,19H,4,7-10,12-13H2,1-2H3,(H,20,21);1H. The lowest BCUT2D eigenvalue weighted by Gasteiger charge is -2.12. The molecular formula is C18H29ClN2O3. The second kappa shape index (κ2) is 11.4. The molecule has 1 aliphatic heterocycles. The number of carbonyl (C=O) groups excluding carboxylic acids is 1. The van der Waals surface area contributed by atoms with Crippen molar-refractivity contribution in [3.8, 4) is 0 Å². The fraction of sp³-hybridized carbons (Fsp3) is 0.611. The number of anilines is 1. The van der Waals surface area contributed by atoms with Gasteiger partial charge in [0.25, 0.3) is 0 Å². The average Bonchev–Trinajstić information content (AvgIpc) is 2.99. The van der Waals surface area contributed by atoms with Gasteiger partial charge in [0, 0.05) is 18.2 Å². The highest BCUT2D eigenvalue weighted by atomic mass is 35.5. The Labute approximate surface area is 150 Å². The third-order valence-corrected chi connectivity index (χ3v) is 3.75. The summed E-state index contributed by atoms with van der Waals surface area (Å²) in [4.78, 5) is 12.0. The summed E-state index contributed by atoms with van der Waals surface area (Å²) in [7, 11) is 0. The summed E-state index contributed by atoms with van der Waals surface area (Å²) in [5, 5.41) is 6.31. The monoisotopic (exact) mass is 356 g/mol. The molecule has 1 saturated heterocycles. The van der Waals surface area contributed by atoms with Gasteiger partial charge < -0.3 is 20.1 Å². The minimum Gasteiger partial charge on any atom is -0.376 e. The molecule has 1 unspecified atom stereocenters. The van der Waals surface area contributed by atoms with Crippen molar-refractivity contribution in [3.63, 3.8) is 0 Å². The number of halogens is 1. The molecule has 1 fully saturated rings. The van der Waals surface area contributed by atoms with E-state index in [4.69, 9.17) is 9.47 Å². The van der Waals surface area contributed by atoms with E-state index in [0.29, 0.717) is 32.3 Å². The Morgan fingerprint density at radius 2 is 2.21 bits per heavy atom. The Kier molecular flexibility index (Phi) is 9.95. The number of rotatable bonds is 9. The lowest BCUT2D eigenvalue weighted by atomic mass is 10.1. The molecular weight excluding hydrogens is 328 g/mol. The van der Waals surface area contributed by atoms with Gasteiger partial charge >= 0.3 is 0 Å². The molecule has 2 rings (SSSR count). The van der Waals surface area contributed by atoms with Gasteiger partial charge in [0.05, 0.1) is 25.9 Å². The van der Waals surface area contributed by atoms with E-state index in [1.165, 1.54) is 0 Å². The minimum absolute atomic E-state index is 0. The van der Waals surface area contributed by atoms with Crippen LogP contribution in [0.5, 0.6) is 0 Å². The van der Waals surface area contributed by atoms with Crippen LogP contribution >= 0.6 is 12.4 Å². The minimum atomic E-state index is 0. The molecule has 1 amide bonds. The first-order valence-electron chi connectivity index (χ1n) is 8.45. The molecule has 1 atom stereocenters. The Bertz CT molecular complexity index is 491. The Morgan fingerprint density at radius 3 is 2.92 bits per heavy atom. The number of benzene rings is 1. The number of amides is 1. The first-order valence-corrected chi connectivity index (χ1v) is 8.45. The number of hydrogen-bond donors (Lipinski definition) is 2. The molecule has 0 radical (unpaired) electrons. The van der Waals surface area contributed by atoms with Crippen molar-refractivity contribution in [2.75, 3.05) is 25.1 Å². The van der Waals surface area contributed by atoms with Crippen LogP contribution in [0.3, 0.4) is 0 Å². The predicted octanol–water partition coefficient (Wildman–Crippen LogP) is 3.13. The van der Waals surface area contributed by atoms with Gasteiger partial charge in [-0.15, -0.1) is 12.4 Å². The van der Waals surface area contributed by atoms with Crippen molar-refractivity contribution in [2.24, 2.45) is 0 Å². The van der Waals surface area contributed by atoms with Crippen LogP contribution in [0.1, 0.15) is 38.7 Å². The molecule has 1 aromatic carbocycles. The van der Waals surface area contributed by atoms with Gasteiger partial charge in [-0.25, -0.2) is 0 Å². The molecule has 1 aliphatic rings. The Hall–Kier alpha value is -1.14. The van der Waals surface area contributed by atoms with E-state index in [1.807, 2.05) is 38.1 Å². The van der Waals surface area contributed by atoms with Gasteiger partial charge in [-0.3, -0.25) is 4.79 Å². The molecule has 0 bridgehead atoms. The Balaban J connectivity index is 0.00000288. The maximum atomic E-state index is 12.0. The summed E-state index contributed by atoms with van der Waals surface area (Å²) in [5.41, 5.74) is 1.87. The summed E-state index contributed by atoms with van der Waals surface area (Å²) >= 11 is 0. The van der Waals surface area contributed by atoms with Gasteiger partial charge in [0.2, 0.25) is 5.91 Å². The Morgan fingerprint density at radius 1 is 1.38 bits per heavy atom. The average molecular weight is 357 g/mol. The maximum absolute atomic E-state index is 12.0. The van der Waals surface area contributed by atoms with Crippen LogP contribution in [0.25, 0.3) is 0 Å². The summed E-state index contributed by atoms with van der Waals surface area (Å²) in [6, 6.07) is 8.13. The summed E-state index contributed by atoms with van der Waals surface area (Å²) < 4.78 is 11.0. The van der Waals surface area contributed by atoms with E-state index < -0.39 is 0 Å². The van der Waals surface area contributed by atoms with Crippen LogP contribution in [0.4, 0.5) is 5.69 Å². The highest BCUT2D eigenvalue weighted by Gasteiger charge is 2.17. The predicted molar refractivity (Wildman–Crippen MR) is 98.7 cm³/mol. The molecule has 0 spiro atoms. The SMILES string of the molecule is CC(C)OCCOCc1cccc(NC(=O)CC2CCCN2)c1.Cl. The molecule has 2 N–H and O–H groups in total. The lowest BCUT2D eigenvalue weighted by Crippen LogP contribution is -2.27.